The highest BCUT2D eigenvalue weighted by Gasteiger charge is 2.24. The zero-order valence-corrected chi connectivity index (χ0v) is 14.1. The molecule has 0 bridgehead atoms. The molecule has 2 aromatic heterocycles. The number of nitrogens with zero attached hydrogens (tertiary/aromatic N) is 3. The Morgan fingerprint density at radius 3 is 3.08 bits per heavy atom. The van der Waals surface area contributed by atoms with Crippen molar-refractivity contribution in [1.29, 1.82) is 0 Å². The van der Waals surface area contributed by atoms with E-state index in [0.29, 0.717) is 18.3 Å². The highest BCUT2D eigenvalue weighted by atomic mass is 32.1. The minimum atomic E-state index is -0.0705. The van der Waals surface area contributed by atoms with E-state index in [1.165, 1.54) is 0 Å². The van der Waals surface area contributed by atoms with Gasteiger partial charge in [0.2, 0.25) is 5.82 Å². The van der Waals surface area contributed by atoms with Gasteiger partial charge in [-0.05, 0) is 31.9 Å². The van der Waals surface area contributed by atoms with Crippen LogP contribution in [0.1, 0.15) is 35.5 Å². The van der Waals surface area contributed by atoms with E-state index in [-0.39, 0.29) is 6.10 Å². The summed E-state index contributed by atoms with van der Waals surface area (Å²) < 4.78 is 16.7. The maximum Gasteiger partial charge on any atom is 0.256 e. The van der Waals surface area contributed by atoms with Crippen molar-refractivity contribution in [3.8, 4) is 17.1 Å². The largest absolute Gasteiger partial charge is 0.486 e. The lowest BCUT2D eigenvalue weighted by molar-refractivity contribution is 0.0835. The van der Waals surface area contributed by atoms with Crippen LogP contribution in [0, 0.1) is 6.92 Å². The van der Waals surface area contributed by atoms with E-state index in [0.717, 1.165) is 41.5 Å². The van der Waals surface area contributed by atoms with E-state index in [4.69, 9.17) is 14.0 Å². The smallest absolute Gasteiger partial charge is 0.256 e. The van der Waals surface area contributed by atoms with E-state index in [1.807, 2.05) is 36.6 Å². The molecule has 124 valence electrons. The van der Waals surface area contributed by atoms with Crippen LogP contribution in [0.5, 0.6) is 5.75 Å². The maximum atomic E-state index is 5.81. The van der Waals surface area contributed by atoms with Crippen molar-refractivity contribution in [3.05, 3.63) is 46.2 Å². The van der Waals surface area contributed by atoms with Crippen LogP contribution in [0.4, 0.5) is 0 Å². The summed E-state index contributed by atoms with van der Waals surface area (Å²) in [5, 5.41) is 7.03. The van der Waals surface area contributed by atoms with Crippen molar-refractivity contribution in [2.45, 2.75) is 32.5 Å². The van der Waals surface area contributed by atoms with Gasteiger partial charge in [0.05, 0.1) is 0 Å². The second kappa shape index (κ2) is 6.70. The summed E-state index contributed by atoms with van der Waals surface area (Å²) in [6.07, 6.45) is 1.89. The molecule has 1 fully saturated rings. The van der Waals surface area contributed by atoms with Crippen LogP contribution in [-0.4, -0.2) is 21.7 Å². The Labute approximate surface area is 143 Å². The molecule has 1 aromatic carbocycles. The van der Waals surface area contributed by atoms with E-state index in [1.54, 1.807) is 11.3 Å². The molecule has 1 saturated heterocycles. The van der Waals surface area contributed by atoms with Gasteiger partial charge in [0, 0.05) is 23.2 Å². The Balaban J connectivity index is 1.47. The lowest BCUT2D eigenvalue weighted by Gasteiger charge is -2.05. The Morgan fingerprint density at radius 1 is 1.33 bits per heavy atom. The Bertz CT molecular complexity index is 824. The number of rotatable bonds is 5. The molecule has 0 N–H and O–H groups in total. The zero-order chi connectivity index (χ0) is 16.4. The van der Waals surface area contributed by atoms with Crippen molar-refractivity contribution >= 4 is 11.3 Å². The number of ether oxygens (including phenoxy) is 2. The van der Waals surface area contributed by atoms with Crippen molar-refractivity contribution in [2.24, 2.45) is 0 Å². The third-order valence-corrected chi connectivity index (χ3v) is 4.71. The number of hydrogen-bond acceptors (Lipinski definition) is 7. The van der Waals surface area contributed by atoms with Crippen molar-refractivity contribution in [1.82, 2.24) is 15.1 Å². The maximum absolute atomic E-state index is 5.81. The Kier molecular flexibility index (Phi) is 4.27. The number of hydrogen-bond donors (Lipinski definition) is 0. The lowest BCUT2D eigenvalue weighted by atomic mass is 10.2. The molecule has 0 unspecified atom stereocenters. The molecule has 7 heteroatoms. The number of thiazole rings is 1. The summed E-state index contributed by atoms with van der Waals surface area (Å²) in [7, 11) is 0. The highest BCUT2D eigenvalue weighted by molar-refractivity contribution is 7.09. The third kappa shape index (κ3) is 3.32. The predicted octanol–water partition coefficient (Wildman–Crippen LogP) is 3.93. The SMILES string of the molecule is Cc1csc(COc2cccc(-c3noc([C@H]4CCCO4)n3)c2)n1. The normalized spacial score (nSPS) is 17.3. The van der Waals surface area contributed by atoms with Gasteiger partial charge in [0.1, 0.15) is 23.5 Å². The molecule has 1 aliphatic heterocycles. The van der Waals surface area contributed by atoms with Gasteiger partial charge in [-0.3, -0.25) is 0 Å². The lowest BCUT2D eigenvalue weighted by Crippen LogP contribution is -1.96. The Hall–Kier alpha value is -2.25. The first-order chi connectivity index (χ1) is 11.8. The second-order valence-electron chi connectivity index (χ2n) is 5.66. The standard InChI is InChI=1S/C17H17N3O3S/c1-11-10-24-15(18-11)9-22-13-5-2-4-12(8-13)16-19-17(23-20-16)14-6-3-7-21-14/h2,4-5,8,10,14H,3,6-7,9H2,1H3/t14-/m1/s1. The van der Waals surface area contributed by atoms with Crippen molar-refractivity contribution < 1.29 is 14.0 Å². The second-order valence-corrected chi connectivity index (χ2v) is 6.60. The van der Waals surface area contributed by atoms with Gasteiger partial charge in [-0.2, -0.15) is 4.98 Å². The Morgan fingerprint density at radius 2 is 2.29 bits per heavy atom. The first-order valence-electron chi connectivity index (χ1n) is 7.87. The van der Waals surface area contributed by atoms with E-state index in [9.17, 15) is 0 Å². The summed E-state index contributed by atoms with van der Waals surface area (Å²) in [4.78, 5) is 8.85. The molecule has 0 spiro atoms. The van der Waals surface area contributed by atoms with E-state index < -0.39 is 0 Å². The van der Waals surface area contributed by atoms with Crippen LogP contribution in [0.15, 0.2) is 34.2 Å². The molecule has 1 atom stereocenters. The molecular formula is C17H17N3O3S. The van der Waals surface area contributed by atoms with Gasteiger partial charge < -0.3 is 14.0 Å². The summed E-state index contributed by atoms with van der Waals surface area (Å²) in [5.74, 6) is 1.85. The zero-order valence-electron chi connectivity index (χ0n) is 13.3. The van der Waals surface area contributed by atoms with Gasteiger partial charge in [0.25, 0.3) is 5.89 Å². The average Bonchev–Trinajstić information content (AvgIpc) is 3.34. The number of aryl methyl sites for hydroxylation is 1. The first kappa shape index (κ1) is 15.3. The van der Waals surface area contributed by atoms with Crippen molar-refractivity contribution in [3.63, 3.8) is 0 Å². The monoisotopic (exact) mass is 343 g/mol. The van der Waals surface area contributed by atoms with Gasteiger partial charge in [0.15, 0.2) is 0 Å². The fraction of sp³-hybridized carbons (Fsp3) is 0.353. The van der Waals surface area contributed by atoms with Crippen LogP contribution in [0.2, 0.25) is 0 Å². The fourth-order valence-electron chi connectivity index (χ4n) is 2.59. The molecule has 0 amide bonds. The number of aromatic nitrogens is 3. The summed E-state index contributed by atoms with van der Waals surface area (Å²) in [6, 6.07) is 7.67. The summed E-state index contributed by atoms with van der Waals surface area (Å²) >= 11 is 1.60. The topological polar surface area (TPSA) is 70.3 Å². The molecule has 3 aromatic rings. The first-order valence-corrected chi connectivity index (χ1v) is 8.75. The molecule has 6 nitrogen and oxygen atoms in total. The van der Waals surface area contributed by atoms with Gasteiger partial charge in [-0.25, -0.2) is 4.98 Å². The van der Waals surface area contributed by atoms with E-state index in [2.05, 4.69) is 15.1 Å². The molecule has 0 radical (unpaired) electrons. The molecule has 0 saturated carbocycles. The fourth-order valence-corrected chi connectivity index (χ4v) is 3.28. The quantitative estimate of drug-likeness (QED) is 0.699. The highest BCUT2D eigenvalue weighted by Crippen LogP contribution is 2.29. The molecule has 24 heavy (non-hydrogen) atoms. The molecular weight excluding hydrogens is 326 g/mol. The minimum absolute atomic E-state index is 0.0705. The molecule has 0 aliphatic carbocycles. The van der Waals surface area contributed by atoms with Crippen LogP contribution >= 0.6 is 11.3 Å². The van der Waals surface area contributed by atoms with Crippen LogP contribution in [0.3, 0.4) is 0 Å². The van der Waals surface area contributed by atoms with E-state index >= 15 is 0 Å². The minimum Gasteiger partial charge on any atom is -0.486 e. The summed E-state index contributed by atoms with van der Waals surface area (Å²) in [6.45, 7) is 3.18. The summed E-state index contributed by atoms with van der Waals surface area (Å²) in [5.41, 5.74) is 1.87. The van der Waals surface area contributed by atoms with Crippen LogP contribution < -0.4 is 4.74 Å². The van der Waals surface area contributed by atoms with Crippen LogP contribution in [-0.2, 0) is 11.3 Å². The van der Waals surface area contributed by atoms with Crippen molar-refractivity contribution in [2.75, 3.05) is 6.61 Å². The molecule has 1 aliphatic rings. The average molecular weight is 343 g/mol. The third-order valence-electron chi connectivity index (χ3n) is 3.77. The van der Waals surface area contributed by atoms with Gasteiger partial charge in [-0.15, -0.1) is 11.3 Å². The molecule has 3 heterocycles. The van der Waals surface area contributed by atoms with Gasteiger partial charge >= 0.3 is 0 Å². The van der Waals surface area contributed by atoms with Crippen LogP contribution in [0.25, 0.3) is 11.4 Å². The molecule has 4 rings (SSSR count). The number of benzene rings is 1. The van der Waals surface area contributed by atoms with Gasteiger partial charge in [-0.1, -0.05) is 17.3 Å². The predicted molar refractivity (Wildman–Crippen MR) is 88.8 cm³/mol.